The summed E-state index contributed by atoms with van der Waals surface area (Å²) in [5.74, 6) is 2.55. The zero-order chi connectivity index (χ0) is 15.6. The van der Waals surface area contributed by atoms with Crippen molar-refractivity contribution in [2.45, 2.75) is 43.8 Å². The quantitative estimate of drug-likeness (QED) is 0.581. The van der Waals surface area contributed by atoms with Gasteiger partial charge >= 0.3 is 0 Å². The lowest BCUT2D eigenvalue weighted by molar-refractivity contribution is 0.415. The maximum absolute atomic E-state index is 5.29. The third-order valence-corrected chi connectivity index (χ3v) is 5.45. The van der Waals surface area contributed by atoms with Crippen LogP contribution in [0.15, 0.2) is 18.3 Å². The molecule has 2 rings (SSSR count). The standard InChI is InChI=1S/C16H25N3OS2/c1-20-14-9-5-10-17-15(14)19-16(21)18-11-6-12-22-13-7-3-2-4-8-13/h5,9-10,13H,2-4,6-8,11-12H2,1H3,(H2,17,18,19,21). The maximum atomic E-state index is 5.29. The van der Waals surface area contributed by atoms with E-state index in [0.717, 1.165) is 18.2 Å². The van der Waals surface area contributed by atoms with Gasteiger partial charge in [0.25, 0.3) is 0 Å². The summed E-state index contributed by atoms with van der Waals surface area (Å²) in [5.41, 5.74) is 0. The van der Waals surface area contributed by atoms with E-state index in [0.29, 0.717) is 16.7 Å². The first-order valence-corrected chi connectivity index (χ1v) is 9.41. The van der Waals surface area contributed by atoms with Crippen molar-refractivity contribution in [1.82, 2.24) is 10.3 Å². The largest absolute Gasteiger partial charge is 0.493 e. The minimum absolute atomic E-state index is 0.597. The Morgan fingerprint density at radius 1 is 1.41 bits per heavy atom. The Kier molecular flexibility index (Phi) is 7.80. The molecule has 1 aromatic rings. The van der Waals surface area contributed by atoms with Crippen LogP contribution in [-0.2, 0) is 0 Å². The topological polar surface area (TPSA) is 46.2 Å². The molecule has 4 nitrogen and oxygen atoms in total. The van der Waals surface area contributed by atoms with Gasteiger partial charge in [0.2, 0.25) is 0 Å². The summed E-state index contributed by atoms with van der Waals surface area (Å²) in [6.07, 6.45) is 9.90. The fourth-order valence-electron chi connectivity index (χ4n) is 2.56. The first-order chi connectivity index (χ1) is 10.8. The van der Waals surface area contributed by atoms with Gasteiger partial charge in [0.1, 0.15) is 0 Å². The molecular weight excluding hydrogens is 314 g/mol. The van der Waals surface area contributed by atoms with Crippen LogP contribution in [0.1, 0.15) is 38.5 Å². The number of anilines is 1. The van der Waals surface area contributed by atoms with Gasteiger partial charge in [0.05, 0.1) is 7.11 Å². The van der Waals surface area contributed by atoms with E-state index in [-0.39, 0.29) is 0 Å². The van der Waals surface area contributed by atoms with Gasteiger partial charge in [-0.3, -0.25) is 0 Å². The van der Waals surface area contributed by atoms with Crippen LogP contribution in [0.4, 0.5) is 5.82 Å². The van der Waals surface area contributed by atoms with E-state index in [2.05, 4.69) is 27.4 Å². The fraction of sp³-hybridized carbons (Fsp3) is 0.625. The van der Waals surface area contributed by atoms with Crippen molar-refractivity contribution in [2.24, 2.45) is 0 Å². The zero-order valence-corrected chi connectivity index (χ0v) is 14.8. The van der Waals surface area contributed by atoms with E-state index in [1.807, 2.05) is 12.1 Å². The molecule has 0 saturated heterocycles. The lowest BCUT2D eigenvalue weighted by Gasteiger charge is -2.20. The normalized spacial score (nSPS) is 15.3. The third-order valence-electron chi connectivity index (χ3n) is 3.73. The molecule has 0 amide bonds. The van der Waals surface area contributed by atoms with Crippen LogP contribution in [0, 0.1) is 0 Å². The van der Waals surface area contributed by atoms with Gasteiger partial charge in [0.15, 0.2) is 16.7 Å². The summed E-state index contributed by atoms with van der Waals surface area (Å²) >= 11 is 7.42. The van der Waals surface area contributed by atoms with Crippen LogP contribution in [0.3, 0.4) is 0 Å². The zero-order valence-electron chi connectivity index (χ0n) is 13.1. The Morgan fingerprint density at radius 3 is 3.00 bits per heavy atom. The number of thioether (sulfide) groups is 1. The molecule has 1 aliphatic rings. The number of methoxy groups -OCH3 is 1. The van der Waals surface area contributed by atoms with E-state index in [4.69, 9.17) is 17.0 Å². The number of pyridine rings is 1. The molecule has 2 N–H and O–H groups in total. The predicted octanol–water partition coefficient (Wildman–Crippen LogP) is 3.83. The molecule has 0 unspecified atom stereocenters. The van der Waals surface area contributed by atoms with E-state index in [9.17, 15) is 0 Å². The van der Waals surface area contributed by atoms with Crippen molar-refractivity contribution in [2.75, 3.05) is 24.7 Å². The average molecular weight is 340 g/mol. The first kappa shape index (κ1) is 17.3. The van der Waals surface area contributed by atoms with Gasteiger partial charge < -0.3 is 15.4 Å². The molecule has 1 saturated carbocycles. The molecule has 22 heavy (non-hydrogen) atoms. The molecule has 6 heteroatoms. The molecule has 0 aliphatic heterocycles. The van der Waals surface area contributed by atoms with E-state index in [1.165, 1.54) is 37.9 Å². The maximum Gasteiger partial charge on any atom is 0.174 e. The average Bonchev–Trinajstić information content (AvgIpc) is 2.56. The molecule has 1 fully saturated rings. The molecule has 1 heterocycles. The second kappa shape index (κ2) is 9.90. The number of thiocarbonyl (C=S) groups is 1. The minimum atomic E-state index is 0.597. The number of aromatic nitrogens is 1. The SMILES string of the molecule is COc1cccnc1NC(=S)NCCCSC1CCCCC1. The van der Waals surface area contributed by atoms with E-state index >= 15 is 0 Å². The van der Waals surface area contributed by atoms with Crippen LogP contribution in [-0.4, -0.2) is 34.8 Å². The van der Waals surface area contributed by atoms with Crippen molar-refractivity contribution in [3.05, 3.63) is 18.3 Å². The van der Waals surface area contributed by atoms with Crippen LogP contribution in [0.25, 0.3) is 0 Å². The monoisotopic (exact) mass is 339 g/mol. The van der Waals surface area contributed by atoms with Crippen LogP contribution >= 0.6 is 24.0 Å². The van der Waals surface area contributed by atoms with Gasteiger partial charge in [-0.05, 0) is 49.4 Å². The number of nitrogens with one attached hydrogen (secondary N) is 2. The summed E-state index contributed by atoms with van der Waals surface area (Å²) in [5, 5.41) is 7.79. The Bertz CT molecular complexity index is 464. The number of nitrogens with zero attached hydrogens (tertiary/aromatic N) is 1. The Balaban J connectivity index is 1.59. The molecule has 0 aromatic carbocycles. The van der Waals surface area contributed by atoms with Crippen LogP contribution in [0.5, 0.6) is 5.75 Å². The third kappa shape index (κ3) is 6.01. The highest BCUT2D eigenvalue weighted by Gasteiger charge is 2.13. The molecule has 122 valence electrons. The molecule has 1 aromatic heterocycles. The molecule has 0 bridgehead atoms. The second-order valence-electron chi connectivity index (χ2n) is 5.42. The summed E-state index contributed by atoms with van der Waals surface area (Å²) in [6, 6.07) is 3.70. The highest BCUT2D eigenvalue weighted by molar-refractivity contribution is 7.99. The van der Waals surface area contributed by atoms with Crippen molar-refractivity contribution in [3.63, 3.8) is 0 Å². The predicted molar refractivity (Wildman–Crippen MR) is 99.0 cm³/mol. The van der Waals surface area contributed by atoms with Crippen molar-refractivity contribution in [1.29, 1.82) is 0 Å². The van der Waals surface area contributed by atoms with E-state index < -0.39 is 0 Å². The number of hydrogen-bond acceptors (Lipinski definition) is 4. The second-order valence-corrected chi connectivity index (χ2v) is 7.24. The Labute approximate surface area is 142 Å². The summed E-state index contributed by atoms with van der Waals surface area (Å²) in [6.45, 7) is 0.890. The summed E-state index contributed by atoms with van der Waals surface area (Å²) < 4.78 is 5.24. The summed E-state index contributed by atoms with van der Waals surface area (Å²) in [4.78, 5) is 4.23. The van der Waals surface area contributed by atoms with Gasteiger partial charge in [-0.2, -0.15) is 11.8 Å². The molecule has 0 atom stereocenters. The first-order valence-electron chi connectivity index (χ1n) is 7.95. The molecule has 1 aliphatic carbocycles. The molecule has 0 spiro atoms. The number of rotatable bonds is 7. The molecular formula is C16H25N3OS2. The summed E-state index contributed by atoms with van der Waals surface area (Å²) in [7, 11) is 1.63. The molecule has 0 radical (unpaired) electrons. The van der Waals surface area contributed by atoms with Gasteiger partial charge in [-0.15, -0.1) is 0 Å². The lowest BCUT2D eigenvalue weighted by atomic mass is 10.0. The fourth-order valence-corrected chi connectivity index (χ4v) is 4.07. The van der Waals surface area contributed by atoms with Crippen molar-refractivity contribution < 1.29 is 4.74 Å². The minimum Gasteiger partial charge on any atom is -0.493 e. The van der Waals surface area contributed by atoms with Crippen molar-refractivity contribution >= 4 is 34.9 Å². The number of ether oxygens (including phenoxy) is 1. The van der Waals surface area contributed by atoms with Crippen LogP contribution < -0.4 is 15.4 Å². The van der Waals surface area contributed by atoms with Crippen LogP contribution in [0.2, 0.25) is 0 Å². The van der Waals surface area contributed by atoms with Gasteiger partial charge in [-0.25, -0.2) is 4.98 Å². The Morgan fingerprint density at radius 2 is 2.23 bits per heavy atom. The highest BCUT2D eigenvalue weighted by atomic mass is 32.2. The smallest absolute Gasteiger partial charge is 0.174 e. The number of hydrogen-bond donors (Lipinski definition) is 2. The van der Waals surface area contributed by atoms with Crippen molar-refractivity contribution in [3.8, 4) is 5.75 Å². The van der Waals surface area contributed by atoms with Gasteiger partial charge in [-0.1, -0.05) is 19.3 Å². The van der Waals surface area contributed by atoms with E-state index in [1.54, 1.807) is 13.3 Å². The Hall–Kier alpha value is -1.01. The lowest BCUT2D eigenvalue weighted by Crippen LogP contribution is -2.30. The highest BCUT2D eigenvalue weighted by Crippen LogP contribution is 2.28. The van der Waals surface area contributed by atoms with Gasteiger partial charge in [0, 0.05) is 18.0 Å².